The van der Waals surface area contributed by atoms with Crippen molar-refractivity contribution >= 4 is 62.3 Å². The largest absolute Gasteiger partial charge is 0.466 e. The fraction of sp³-hybridized carbons (Fsp3) is 0.286. The maximum atomic E-state index is 12.9. The van der Waals surface area contributed by atoms with Crippen LogP contribution in [0.5, 0.6) is 0 Å². The second kappa shape index (κ2) is 9.57. The predicted octanol–water partition coefficient (Wildman–Crippen LogP) is 5.79. The summed E-state index contributed by atoms with van der Waals surface area (Å²) in [6.07, 6.45) is 0.0977. The Balaban J connectivity index is 1.87. The van der Waals surface area contributed by atoms with Gasteiger partial charge >= 0.3 is 5.97 Å². The number of esters is 1. The van der Waals surface area contributed by atoms with Crippen LogP contribution in [0.3, 0.4) is 0 Å². The topological polar surface area (TPSA) is 59.5 Å². The van der Waals surface area contributed by atoms with Gasteiger partial charge in [-0.1, -0.05) is 40.9 Å². The van der Waals surface area contributed by atoms with Crippen molar-refractivity contribution in [3.8, 4) is 0 Å². The Kier molecular flexibility index (Phi) is 7.11. The minimum atomic E-state index is -0.383. The number of nitrogens with zero attached hydrogens (tertiary/aromatic N) is 2. The fourth-order valence-corrected chi connectivity index (χ4v) is 4.19. The van der Waals surface area contributed by atoms with Crippen molar-refractivity contribution in [2.75, 3.05) is 11.5 Å². The van der Waals surface area contributed by atoms with Crippen LogP contribution in [0.2, 0.25) is 10.0 Å². The standard InChI is InChI=1S/C21H20Cl2N2O3S/c1-3-28-19(27)11-10-18(26)25(14-6-4-13(2)5-7-14)12-17-24-21-16(29-17)9-8-15(22)20(21)23/h4-9H,3,10-12H2,1-2H3. The van der Waals surface area contributed by atoms with Crippen LogP contribution in [0.25, 0.3) is 10.2 Å². The van der Waals surface area contributed by atoms with E-state index in [1.807, 2.05) is 37.3 Å². The summed E-state index contributed by atoms with van der Waals surface area (Å²) >= 11 is 13.8. The van der Waals surface area contributed by atoms with Gasteiger partial charge in [0, 0.05) is 12.1 Å². The van der Waals surface area contributed by atoms with E-state index in [9.17, 15) is 9.59 Å². The summed E-state index contributed by atoms with van der Waals surface area (Å²) in [4.78, 5) is 30.8. The summed E-state index contributed by atoms with van der Waals surface area (Å²) in [6.45, 7) is 4.29. The number of carbonyl (C=O) groups is 2. The van der Waals surface area contributed by atoms with E-state index in [-0.39, 0.29) is 31.3 Å². The number of carbonyl (C=O) groups excluding carboxylic acids is 2. The van der Waals surface area contributed by atoms with Crippen LogP contribution in [-0.2, 0) is 20.9 Å². The van der Waals surface area contributed by atoms with E-state index in [0.29, 0.717) is 22.2 Å². The number of hydrogen-bond acceptors (Lipinski definition) is 5. The van der Waals surface area contributed by atoms with E-state index in [4.69, 9.17) is 27.9 Å². The first-order valence-electron chi connectivity index (χ1n) is 9.15. The second-order valence-corrected chi connectivity index (χ2v) is 8.34. The molecular formula is C21H20Cl2N2O3S. The third-order valence-electron chi connectivity index (χ3n) is 4.28. The molecule has 0 N–H and O–H groups in total. The van der Waals surface area contributed by atoms with E-state index in [2.05, 4.69) is 4.98 Å². The van der Waals surface area contributed by atoms with Gasteiger partial charge in [0.2, 0.25) is 5.91 Å². The number of anilines is 1. The van der Waals surface area contributed by atoms with E-state index in [0.717, 1.165) is 21.0 Å². The van der Waals surface area contributed by atoms with Gasteiger partial charge in [-0.15, -0.1) is 11.3 Å². The van der Waals surface area contributed by atoms with Gasteiger partial charge in [0.1, 0.15) is 10.5 Å². The zero-order valence-electron chi connectivity index (χ0n) is 16.1. The monoisotopic (exact) mass is 450 g/mol. The van der Waals surface area contributed by atoms with E-state index in [1.165, 1.54) is 11.3 Å². The average molecular weight is 451 g/mol. The van der Waals surface area contributed by atoms with Crippen molar-refractivity contribution < 1.29 is 14.3 Å². The van der Waals surface area contributed by atoms with Crippen LogP contribution >= 0.6 is 34.5 Å². The van der Waals surface area contributed by atoms with Crippen LogP contribution in [0.4, 0.5) is 5.69 Å². The first-order valence-corrected chi connectivity index (χ1v) is 10.7. The lowest BCUT2D eigenvalue weighted by molar-refractivity contribution is -0.144. The molecule has 0 bridgehead atoms. The summed E-state index contributed by atoms with van der Waals surface area (Å²) in [6, 6.07) is 11.2. The molecule has 3 rings (SSSR count). The minimum Gasteiger partial charge on any atom is -0.466 e. The van der Waals surface area contributed by atoms with Crippen molar-refractivity contribution in [1.29, 1.82) is 0 Å². The summed E-state index contributed by atoms with van der Waals surface area (Å²) in [5, 5.41) is 1.58. The summed E-state index contributed by atoms with van der Waals surface area (Å²) in [5.74, 6) is -0.559. The second-order valence-electron chi connectivity index (χ2n) is 6.44. The predicted molar refractivity (Wildman–Crippen MR) is 118 cm³/mol. The van der Waals surface area contributed by atoms with Crippen molar-refractivity contribution in [2.24, 2.45) is 0 Å². The maximum absolute atomic E-state index is 12.9. The molecule has 0 fully saturated rings. The maximum Gasteiger partial charge on any atom is 0.306 e. The number of halogens is 2. The van der Waals surface area contributed by atoms with Crippen LogP contribution in [-0.4, -0.2) is 23.5 Å². The molecule has 0 atom stereocenters. The lowest BCUT2D eigenvalue weighted by Gasteiger charge is -2.22. The quantitative estimate of drug-likeness (QED) is 0.427. The lowest BCUT2D eigenvalue weighted by atomic mass is 10.2. The summed E-state index contributed by atoms with van der Waals surface area (Å²) in [5.41, 5.74) is 2.46. The van der Waals surface area contributed by atoms with Gasteiger partial charge < -0.3 is 9.64 Å². The van der Waals surface area contributed by atoms with Crippen molar-refractivity contribution in [3.05, 3.63) is 57.0 Å². The molecule has 0 aliphatic rings. The molecule has 5 nitrogen and oxygen atoms in total. The molecule has 29 heavy (non-hydrogen) atoms. The van der Waals surface area contributed by atoms with Crippen LogP contribution in [0.15, 0.2) is 36.4 Å². The minimum absolute atomic E-state index is 0.0380. The zero-order chi connectivity index (χ0) is 21.0. The molecule has 1 amide bonds. The van der Waals surface area contributed by atoms with Gasteiger partial charge in [-0.05, 0) is 38.1 Å². The molecule has 0 spiro atoms. The van der Waals surface area contributed by atoms with Gasteiger partial charge in [-0.3, -0.25) is 9.59 Å². The van der Waals surface area contributed by atoms with Gasteiger partial charge in [0.25, 0.3) is 0 Å². The molecule has 1 aromatic heterocycles. The van der Waals surface area contributed by atoms with Crippen molar-refractivity contribution in [3.63, 3.8) is 0 Å². The SMILES string of the molecule is CCOC(=O)CCC(=O)N(Cc1nc2c(Cl)c(Cl)ccc2s1)c1ccc(C)cc1. The molecule has 0 aliphatic carbocycles. The molecule has 8 heteroatoms. The molecule has 0 aliphatic heterocycles. The highest BCUT2D eigenvalue weighted by Gasteiger charge is 2.20. The van der Waals surface area contributed by atoms with Crippen LogP contribution < -0.4 is 4.90 Å². The highest BCUT2D eigenvalue weighted by Crippen LogP contribution is 2.34. The van der Waals surface area contributed by atoms with E-state index in [1.54, 1.807) is 17.9 Å². The number of thiazole rings is 1. The van der Waals surface area contributed by atoms with Gasteiger partial charge in [0.05, 0.1) is 34.3 Å². The molecule has 0 radical (unpaired) electrons. The Hall–Kier alpha value is -2.15. The normalized spacial score (nSPS) is 10.9. The van der Waals surface area contributed by atoms with Crippen LogP contribution in [0, 0.1) is 6.92 Å². The Morgan fingerprint density at radius 1 is 1.10 bits per heavy atom. The Bertz CT molecular complexity index is 1030. The molecule has 1 heterocycles. The first-order chi connectivity index (χ1) is 13.9. The summed E-state index contributed by atoms with van der Waals surface area (Å²) in [7, 11) is 0. The van der Waals surface area contributed by atoms with Crippen LogP contribution in [0.1, 0.15) is 30.3 Å². The van der Waals surface area contributed by atoms with Gasteiger partial charge in [-0.2, -0.15) is 0 Å². The molecule has 0 saturated heterocycles. The molecule has 152 valence electrons. The fourth-order valence-electron chi connectivity index (χ4n) is 2.81. The number of amides is 1. The Morgan fingerprint density at radius 2 is 1.83 bits per heavy atom. The lowest BCUT2D eigenvalue weighted by Crippen LogP contribution is -2.30. The van der Waals surface area contributed by atoms with Crippen molar-refractivity contribution in [1.82, 2.24) is 4.98 Å². The molecular weight excluding hydrogens is 431 g/mol. The molecule has 2 aromatic carbocycles. The number of benzene rings is 2. The zero-order valence-corrected chi connectivity index (χ0v) is 18.4. The highest BCUT2D eigenvalue weighted by molar-refractivity contribution is 7.18. The molecule has 0 unspecified atom stereocenters. The summed E-state index contributed by atoms with van der Waals surface area (Å²) < 4.78 is 5.83. The third kappa shape index (κ3) is 5.26. The third-order valence-corrected chi connectivity index (χ3v) is 6.08. The molecule has 0 saturated carbocycles. The molecule has 3 aromatic rings. The van der Waals surface area contributed by atoms with Gasteiger partial charge in [-0.25, -0.2) is 4.98 Å². The highest BCUT2D eigenvalue weighted by atomic mass is 35.5. The smallest absolute Gasteiger partial charge is 0.306 e. The van der Waals surface area contributed by atoms with Gasteiger partial charge in [0.15, 0.2) is 0 Å². The number of fused-ring (bicyclic) bond motifs is 1. The number of aromatic nitrogens is 1. The van der Waals surface area contributed by atoms with Crippen molar-refractivity contribution in [2.45, 2.75) is 33.2 Å². The number of rotatable bonds is 7. The van der Waals surface area contributed by atoms with E-state index < -0.39 is 0 Å². The number of hydrogen-bond donors (Lipinski definition) is 0. The number of aryl methyl sites for hydroxylation is 1. The first kappa shape index (κ1) is 21.6. The average Bonchev–Trinajstić information content (AvgIpc) is 3.12. The Morgan fingerprint density at radius 3 is 2.52 bits per heavy atom. The van der Waals surface area contributed by atoms with E-state index >= 15 is 0 Å². The Labute approximate surface area is 183 Å². The number of ether oxygens (including phenoxy) is 1.